The fourth-order valence-corrected chi connectivity index (χ4v) is 3.82. The van der Waals surface area contributed by atoms with Crippen LogP contribution in [0.25, 0.3) is 0 Å². The molecule has 2 aromatic rings. The highest BCUT2D eigenvalue weighted by Gasteiger charge is 2.10. The van der Waals surface area contributed by atoms with Gasteiger partial charge in [0.1, 0.15) is 0 Å². The molecular weight excluding hydrogens is 360 g/mol. The predicted molar refractivity (Wildman–Crippen MR) is 85.1 cm³/mol. The monoisotopic (exact) mass is 374 g/mol. The summed E-state index contributed by atoms with van der Waals surface area (Å²) >= 11 is 5.10. The van der Waals surface area contributed by atoms with Crippen molar-refractivity contribution < 1.29 is 8.42 Å². The fraction of sp³-hybridized carbons (Fsp3) is 0.231. The van der Waals surface area contributed by atoms with Crippen molar-refractivity contribution in [1.82, 2.24) is 5.32 Å². The SMILES string of the molecule is CC(NCc1cccc(S(N)(=O)=O)c1)c1cc(Br)cs1. The van der Waals surface area contributed by atoms with Crippen LogP contribution >= 0.6 is 27.3 Å². The summed E-state index contributed by atoms with van der Waals surface area (Å²) in [7, 11) is -3.64. The molecule has 7 heteroatoms. The number of nitrogens with one attached hydrogen (secondary N) is 1. The zero-order valence-electron chi connectivity index (χ0n) is 10.8. The normalized spacial score (nSPS) is 13.3. The van der Waals surface area contributed by atoms with E-state index in [-0.39, 0.29) is 10.9 Å². The van der Waals surface area contributed by atoms with Crippen LogP contribution in [0.15, 0.2) is 45.1 Å². The van der Waals surface area contributed by atoms with Crippen LogP contribution in [0, 0.1) is 0 Å². The highest BCUT2D eigenvalue weighted by molar-refractivity contribution is 9.10. The van der Waals surface area contributed by atoms with E-state index in [0.29, 0.717) is 6.54 Å². The minimum absolute atomic E-state index is 0.142. The minimum atomic E-state index is -3.64. The number of rotatable bonds is 5. The maximum atomic E-state index is 11.3. The molecule has 1 atom stereocenters. The number of nitrogens with two attached hydrogens (primary N) is 1. The summed E-state index contributed by atoms with van der Waals surface area (Å²) in [6.45, 7) is 2.65. The molecule has 0 aliphatic heterocycles. The van der Waals surface area contributed by atoms with E-state index in [9.17, 15) is 8.42 Å². The summed E-state index contributed by atoms with van der Waals surface area (Å²) in [6, 6.07) is 8.94. The van der Waals surface area contributed by atoms with Crippen LogP contribution in [-0.4, -0.2) is 8.42 Å². The average molecular weight is 375 g/mol. The van der Waals surface area contributed by atoms with Gasteiger partial charge in [-0.3, -0.25) is 0 Å². The lowest BCUT2D eigenvalue weighted by Crippen LogP contribution is -2.18. The molecule has 0 amide bonds. The second kappa shape index (κ2) is 6.36. The zero-order valence-corrected chi connectivity index (χ0v) is 14.1. The first-order chi connectivity index (χ1) is 9.36. The molecule has 0 saturated carbocycles. The summed E-state index contributed by atoms with van der Waals surface area (Å²) in [6.07, 6.45) is 0. The smallest absolute Gasteiger partial charge is 0.238 e. The van der Waals surface area contributed by atoms with Crippen molar-refractivity contribution in [3.63, 3.8) is 0 Å². The molecule has 20 heavy (non-hydrogen) atoms. The Morgan fingerprint density at radius 3 is 2.75 bits per heavy atom. The van der Waals surface area contributed by atoms with E-state index >= 15 is 0 Å². The lowest BCUT2D eigenvalue weighted by Gasteiger charge is -2.12. The molecule has 3 N–H and O–H groups in total. The summed E-state index contributed by atoms with van der Waals surface area (Å²) < 4.78 is 23.7. The van der Waals surface area contributed by atoms with Crippen LogP contribution in [-0.2, 0) is 16.6 Å². The third kappa shape index (κ3) is 4.13. The predicted octanol–water partition coefficient (Wildman–Crippen LogP) is 3.01. The molecule has 0 saturated heterocycles. The molecule has 4 nitrogen and oxygen atoms in total. The molecule has 0 aliphatic rings. The number of hydrogen-bond donors (Lipinski definition) is 2. The van der Waals surface area contributed by atoms with E-state index in [1.54, 1.807) is 23.5 Å². The fourth-order valence-electron chi connectivity index (χ4n) is 1.76. The van der Waals surface area contributed by atoms with Gasteiger partial charge in [0.15, 0.2) is 0 Å². The number of hydrogen-bond acceptors (Lipinski definition) is 4. The Balaban J connectivity index is 2.04. The molecule has 1 unspecified atom stereocenters. The van der Waals surface area contributed by atoms with Gasteiger partial charge in [-0.05, 0) is 46.6 Å². The van der Waals surface area contributed by atoms with Gasteiger partial charge in [-0.25, -0.2) is 13.6 Å². The van der Waals surface area contributed by atoms with Crippen LogP contribution in [0.2, 0.25) is 0 Å². The number of thiophene rings is 1. The van der Waals surface area contributed by atoms with E-state index in [2.05, 4.69) is 34.2 Å². The molecule has 0 spiro atoms. The van der Waals surface area contributed by atoms with Crippen molar-refractivity contribution in [1.29, 1.82) is 0 Å². The standard InChI is InChI=1S/C13H15BrN2O2S2/c1-9(13-6-11(14)8-19-13)16-7-10-3-2-4-12(5-10)20(15,17)18/h2-6,8-9,16H,7H2,1H3,(H2,15,17,18). The second-order valence-electron chi connectivity index (χ2n) is 4.46. The highest BCUT2D eigenvalue weighted by Crippen LogP contribution is 2.25. The van der Waals surface area contributed by atoms with Crippen LogP contribution in [0.1, 0.15) is 23.4 Å². The summed E-state index contributed by atoms with van der Waals surface area (Å²) in [5.74, 6) is 0. The Bertz CT molecular complexity index is 698. The zero-order chi connectivity index (χ0) is 14.8. The number of sulfonamides is 1. The van der Waals surface area contributed by atoms with Gasteiger partial charge in [0.25, 0.3) is 0 Å². The summed E-state index contributed by atoms with van der Waals surface area (Å²) in [5, 5.41) is 10.5. The second-order valence-corrected chi connectivity index (χ2v) is 7.88. The van der Waals surface area contributed by atoms with Crippen molar-refractivity contribution in [3.05, 3.63) is 50.6 Å². The van der Waals surface area contributed by atoms with Gasteiger partial charge in [0.2, 0.25) is 10.0 Å². The van der Waals surface area contributed by atoms with Crippen molar-refractivity contribution in [2.45, 2.75) is 24.4 Å². The van der Waals surface area contributed by atoms with E-state index in [4.69, 9.17) is 5.14 Å². The minimum Gasteiger partial charge on any atom is -0.305 e. The van der Waals surface area contributed by atoms with Crippen molar-refractivity contribution in [2.75, 3.05) is 0 Å². The van der Waals surface area contributed by atoms with Crippen molar-refractivity contribution >= 4 is 37.3 Å². The molecule has 0 aliphatic carbocycles. The Labute approximate surface area is 131 Å². The van der Waals surface area contributed by atoms with E-state index < -0.39 is 10.0 Å². The van der Waals surface area contributed by atoms with Gasteiger partial charge in [0.05, 0.1) is 4.90 Å². The van der Waals surface area contributed by atoms with Gasteiger partial charge < -0.3 is 5.32 Å². The number of benzene rings is 1. The first-order valence-electron chi connectivity index (χ1n) is 5.95. The molecule has 2 rings (SSSR count). The van der Waals surface area contributed by atoms with Gasteiger partial charge >= 0.3 is 0 Å². The highest BCUT2D eigenvalue weighted by atomic mass is 79.9. The third-order valence-corrected chi connectivity index (χ3v) is 5.64. The van der Waals surface area contributed by atoms with E-state index in [1.165, 1.54) is 10.9 Å². The van der Waals surface area contributed by atoms with Gasteiger partial charge in [-0.15, -0.1) is 11.3 Å². The van der Waals surface area contributed by atoms with Crippen LogP contribution < -0.4 is 10.5 Å². The van der Waals surface area contributed by atoms with Crippen LogP contribution in [0.4, 0.5) is 0 Å². The quantitative estimate of drug-likeness (QED) is 0.844. The Morgan fingerprint density at radius 1 is 1.40 bits per heavy atom. The number of halogens is 1. The van der Waals surface area contributed by atoms with Crippen LogP contribution in [0.3, 0.4) is 0 Å². The molecule has 108 valence electrons. The van der Waals surface area contributed by atoms with E-state index in [0.717, 1.165) is 10.0 Å². The average Bonchev–Trinajstić information content (AvgIpc) is 2.82. The molecule has 1 heterocycles. The Hall–Kier alpha value is -0.730. The van der Waals surface area contributed by atoms with Crippen molar-refractivity contribution in [3.8, 4) is 0 Å². The van der Waals surface area contributed by atoms with Crippen LogP contribution in [0.5, 0.6) is 0 Å². The molecule has 0 fully saturated rings. The topological polar surface area (TPSA) is 72.2 Å². The first kappa shape index (κ1) is 15.7. The lowest BCUT2D eigenvalue weighted by atomic mass is 10.2. The molecule has 0 bridgehead atoms. The molecule has 0 radical (unpaired) electrons. The maximum Gasteiger partial charge on any atom is 0.238 e. The largest absolute Gasteiger partial charge is 0.305 e. The lowest BCUT2D eigenvalue weighted by molar-refractivity contribution is 0.581. The molecular formula is C13H15BrN2O2S2. The van der Waals surface area contributed by atoms with Gasteiger partial charge in [-0.1, -0.05) is 12.1 Å². The Kier molecular flexibility index (Phi) is 4.98. The summed E-state index contributed by atoms with van der Waals surface area (Å²) in [5.41, 5.74) is 0.888. The van der Waals surface area contributed by atoms with Gasteiger partial charge in [-0.2, -0.15) is 0 Å². The molecule has 1 aromatic heterocycles. The number of primary sulfonamides is 1. The van der Waals surface area contributed by atoms with Crippen molar-refractivity contribution in [2.24, 2.45) is 5.14 Å². The third-order valence-electron chi connectivity index (χ3n) is 2.85. The Morgan fingerprint density at radius 2 is 2.15 bits per heavy atom. The maximum absolute atomic E-state index is 11.3. The first-order valence-corrected chi connectivity index (χ1v) is 9.17. The summed E-state index contributed by atoms with van der Waals surface area (Å²) in [4.78, 5) is 1.36. The van der Waals surface area contributed by atoms with E-state index in [1.807, 2.05) is 11.4 Å². The molecule has 1 aromatic carbocycles. The van der Waals surface area contributed by atoms with Gasteiger partial charge in [0, 0.05) is 27.3 Å².